The highest BCUT2D eigenvalue weighted by Crippen LogP contribution is 2.35. The number of nitrogens with zero attached hydrogens (tertiary/aromatic N) is 2. The average Bonchev–Trinajstić information content (AvgIpc) is 3.19. The summed E-state index contributed by atoms with van der Waals surface area (Å²) in [5, 5.41) is 9.30. The lowest BCUT2D eigenvalue weighted by Gasteiger charge is -2.36. The molecular weight excluding hydrogens is 272 g/mol. The molecule has 3 unspecified atom stereocenters. The van der Waals surface area contributed by atoms with Crippen molar-refractivity contribution in [1.29, 1.82) is 0 Å². The van der Waals surface area contributed by atoms with Crippen LogP contribution >= 0.6 is 0 Å². The van der Waals surface area contributed by atoms with Crippen molar-refractivity contribution in [3.05, 3.63) is 0 Å². The van der Waals surface area contributed by atoms with Crippen molar-refractivity contribution in [2.45, 2.75) is 45.2 Å². The molecule has 0 aromatic rings. The van der Waals surface area contributed by atoms with E-state index >= 15 is 0 Å². The fourth-order valence-corrected chi connectivity index (χ4v) is 3.00. The second-order valence-electron chi connectivity index (χ2n) is 6.21. The van der Waals surface area contributed by atoms with Crippen LogP contribution in [0.5, 0.6) is 0 Å². The zero-order valence-corrected chi connectivity index (χ0v) is 13.1. The molecule has 1 heterocycles. The van der Waals surface area contributed by atoms with E-state index in [0.29, 0.717) is 19.1 Å². The summed E-state index contributed by atoms with van der Waals surface area (Å²) in [6, 6.07) is -0.218. The quantitative estimate of drug-likeness (QED) is 0.809. The Labute approximate surface area is 126 Å². The topological polar surface area (TPSA) is 70.1 Å². The van der Waals surface area contributed by atoms with Gasteiger partial charge in [0.15, 0.2) is 0 Å². The standard InChI is InChI=1S/C15H26N2O4/c1-4-7-17(13-9-21-8-12(13)14(18)19)15(20)16(3)10(2)11-5-6-11/h10-13H,4-9H2,1-3H3,(H,18,19). The third-order valence-electron chi connectivity index (χ3n) is 4.70. The van der Waals surface area contributed by atoms with Gasteiger partial charge in [0, 0.05) is 19.6 Å². The van der Waals surface area contributed by atoms with Crippen LogP contribution in [0.15, 0.2) is 0 Å². The molecule has 120 valence electrons. The maximum Gasteiger partial charge on any atom is 0.320 e. The van der Waals surface area contributed by atoms with Gasteiger partial charge in [0.05, 0.1) is 19.3 Å². The van der Waals surface area contributed by atoms with Gasteiger partial charge in [0.25, 0.3) is 0 Å². The molecule has 1 N–H and O–H groups in total. The van der Waals surface area contributed by atoms with Crippen molar-refractivity contribution in [2.75, 3.05) is 26.8 Å². The van der Waals surface area contributed by atoms with Crippen LogP contribution in [-0.2, 0) is 9.53 Å². The Bertz CT molecular complexity index is 397. The molecule has 0 spiro atoms. The summed E-state index contributed by atoms with van der Waals surface area (Å²) in [6.45, 7) is 5.14. The minimum absolute atomic E-state index is 0.0713. The molecule has 0 aromatic carbocycles. The third kappa shape index (κ3) is 3.48. The Hall–Kier alpha value is -1.30. The summed E-state index contributed by atoms with van der Waals surface area (Å²) in [6.07, 6.45) is 3.16. The Morgan fingerprint density at radius 3 is 2.52 bits per heavy atom. The first-order valence-corrected chi connectivity index (χ1v) is 7.81. The number of rotatable bonds is 6. The highest BCUT2D eigenvalue weighted by Gasteiger charge is 2.42. The van der Waals surface area contributed by atoms with Gasteiger partial charge in [-0.05, 0) is 32.1 Å². The highest BCUT2D eigenvalue weighted by atomic mass is 16.5. The summed E-state index contributed by atoms with van der Waals surface area (Å²) < 4.78 is 5.32. The van der Waals surface area contributed by atoms with Crippen LogP contribution in [0.25, 0.3) is 0 Å². The van der Waals surface area contributed by atoms with Gasteiger partial charge < -0.3 is 19.6 Å². The lowest BCUT2D eigenvalue weighted by atomic mass is 10.0. The lowest BCUT2D eigenvalue weighted by molar-refractivity contribution is -0.142. The second kappa shape index (κ2) is 6.64. The zero-order valence-electron chi connectivity index (χ0n) is 13.1. The Kier molecular flexibility index (Phi) is 5.08. The van der Waals surface area contributed by atoms with E-state index < -0.39 is 11.9 Å². The van der Waals surface area contributed by atoms with Crippen LogP contribution < -0.4 is 0 Å². The second-order valence-corrected chi connectivity index (χ2v) is 6.21. The fraction of sp³-hybridized carbons (Fsp3) is 0.867. The first kappa shape index (κ1) is 16.1. The third-order valence-corrected chi connectivity index (χ3v) is 4.70. The molecule has 1 aliphatic carbocycles. The van der Waals surface area contributed by atoms with Crippen molar-refractivity contribution >= 4 is 12.0 Å². The molecule has 0 bridgehead atoms. The molecule has 6 heteroatoms. The predicted octanol–water partition coefficient (Wildman–Crippen LogP) is 1.65. The monoisotopic (exact) mass is 298 g/mol. The summed E-state index contributed by atoms with van der Waals surface area (Å²) in [5.41, 5.74) is 0. The molecule has 2 aliphatic rings. The molecule has 0 aromatic heterocycles. The number of ether oxygens (including phenoxy) is 1. The van der Waals surface area contributed by atoms with E-state index in [2.05, 4.69) is 6.92 Å². The van der Waals surface area contributed by atoms with Crippen molar-refractivity contribution < 1.29 is 19.4 Å². The first-order chi connectivity index (χ1) is 9.97. The molecule has 3 atom stereocenters. The molecule has 2 amide bonds. The Morgan fingerprint density at radius 1 is 1.33 bits per heavy atom. The number of aliphatic carboxylic acids is 1. The summed E-state index contributed by atoms with van der Waals surface area (Å²) in [5.74, 6) is -0.910. The van der Waals surface area contributed by atoms with E-state index in [1.165, 1.54) is 12.8 Å². The van der Waals surface area contributed by atoms with E-state index in [-0.39, 0.29) is 24.7 Å². The number of hydrogen-bond acceptors (Lipinski definition) is 3. The van der Waals surface area contributed by atoms with Crippen LogP contribution in [0.1, 0.15) is 33.1 Å². The molecule has 1 saturated heterocycles. The van der Waals surface area contributed by atoms with E-state index in [1.807, 2.05) is 14.0 Å². The van der Waals surface area contributed by atoms with Gasteiger partial charge in [-0.3, -0.25) is 4.79 Å². The zero-order chi connectivity index (χ0) is 15.6. The van der Waals surface area contributed by atoms with Crippen molar-refractivity contribution in [1.82, 2.24) is 9.80 Å². The molecule has 1 aliphatic heterocycles. The van der Waals surface area contributed by atoms with Gasteiger partial charge in [0.1, 0.15) is 5.92 Å². The van der Waals surface area contributed by atoms with E-state index in [4.69, 9.17) is 4.74 Å². The maximum atomic E-state index is 12.8. The average molecular weight is 298 g/mol. The number of urea groups is 1. The van der Waals surface area contributed by atoms with Crippen LogP contribution in [0.3, 0.4) is 0 Å². The number of carboxylic acids is 1. The van der Waals surface area contributed by atoms with E-state index in [0.717, 1.165) is 6.42 Å². The van der Waals surface area contributed by atoms with Gasteiger partial charge in [0.2, 0.25) is 0 Å². The highest BCUT2D eigenvalue weighted by molar-refractivity contribution is 5.77. The molecule has 0 radical (unpaired) electrons. The van der Waals surface area contributed by atoms with E-state index in [1.54, 1.807) is 9.80 Å². The van der Waals surface area contributed by atoms with Crippen LogP contribution in [0.4, 0.5) is 4.79 Å². The fourth-order valence-electron chi connectivity index (χ4n) is 3.00. The van der Waals surface area contributed by atoms with Crippen molar-refractivity contribution in [3.8, 4) is 0 Å². The predicted molar refractivity (Wildman–Crippen MR) is 78.1 cm³/mol. The molecule has 2 rings (SSSR count). The van der Waals surface area contributed by atoms with Crippen molar-refractivity contribution in [3.63, 3.8) is 0 Å². The number of hydrogen-bond donors (Lipinski definition) is 1. The molecule has 1 saturated carbocycles. The van der Waals surface area contributed by atoms with Crippen LogP contribution in [0.2, 0.25) is 0 Å². The summed E-state index contributed by atoms with van der Waals surface area (Å²) in [4.78, 5) is 27.6. The lowest BCUT2D eigenvalue weighted by Crippen LogP contribution is -2.53. The smallest absolute Gasteiger partial charge is 0.320 e. The molecule has 6 nitrogen and oxygen atoms in total. The van der Waals surface area contributed by atoms with Gasteiger partial charge in [-0.25, -0.2) is 4.79 Å². The summed E-state index contributed by atoms with van der Waals surface area (Å²) >= 11 is 0. The van der Waals surface area contributed by atoms with Crippen LogP contribution in [-0.4, -0.2) is 65.8 Å². The minimum Gasteiger partial charge on any atom is -0.481 e. The van der Waals surface area contributed by atoms with Gasteiger partial charge >= 0.3 is 12.0 Å². The molecule has 21 heavy (non-hydrogen) atoms. The number of carbonyl (C=O) groups excluding carboxylic acids is 1. The molecular formula is C15H26N2O4. The number of amides is 2. The Morgan fingerprint density at radius 2 is 2.00 bits per heavy atom. The van der Waals surface area contributed by atoms with Gasteiger partial charge in [-0.15, -0.1) is 0 Å². The molecule has 2 fully saturated rings. The maximum absolute atomic E-state index is 12.8. The SMILES string of the molecule is CCCN(C(=O)N(C)C(C)C1CC1)C1COCC1C(=O)O. The number of carbonyl (C=O) groups is 2. The summed E-state index contributed by atoms with van der Waals surface area (Å²) in [7, 11) is 1.82. The minimum atomic E-state index is -0.885. The van der Waals surface area contributed by atoms with E-state index in [9.17, 15) is 14.7 Å². The van der Waals surface area contributed by atoms with Crippen molar-refractivity contribution in [2.24, 2.45) is 11.8 Å². The Balaban J connectivity index is 2.09. The van der Waals surface area contributed by atoms with Gasteiger partial charge in [-0.2, -0.15) is 0 Å². The largest absolute Gasteiger partial charge is 0.481 e. The number of carboxylic acid groups (broad SMARTS) is 1. The van der Waals surface area contributed by atoms with Gasteiger partial charge in [-0.1, -0.05) is 6.92 Å². The van der Waals surface area contributed by atoms with Crippen LogP contribution in [0, 0.1) is 11.8 Å². The first-order valence-electron chi connectivity index (χ1n) is 7.81. The normalized spacial score (nSPS) is 26.4.